The predicted molar refractivity (Wildman–Crippen MR) is 135 cm³/mol. The molecule has 5 rings (SSSR count). The minimum absolute atomic E-state index is 0.0431. The molecule has 0 bridgehead atoms. The number of fused-ring (bicyclic) bond motifs is 1. The number of aromatic nitrogens is 3. The minimum atomic E-state index is -0.0431. The van der Waals surface area contributed by atoms with Crippen LogP contribution in [0.4, 0.5) is 0 Å². The summed E-state index contributed by atoms with van der Waals surface area (Å²) in [5, 5.41) is 6.75. The smallest absolute Gasteiger partial charge is 0.246 e. The third-order valence-corrected chi connectivity index (χ3v) is 6.81. The molecule has 6 nitrogen and oxygen atoms in total. The largest absolute Gasteiger partial charge is 0.456 e. The maximum absolute atomic E-state index is 12.2. The van der Waals surface area contributed by atoms with E-state index in [0.29, 0.717) is 28.1 Å². The van der Waals surface area contributed by atoms with E-state index in [1.54, 1.807) is 24.4 Å². The number of amides is 1. The Kier molecular flexibility index (Phi) is 6.26. The monoisotopic (exact) mass is 492 g/mol. The Morgan fingerprint density at radius 1 is 1.15 bits per heavy atom. The van der Waals surface area contributed by atoms with E-state index in [9.17, 15) is 4.79 Å². The Balaban J connectivity index is 1.46. The first-order valence-corrected chi connectivity index (χ1v) is 11.8. The van der Waals surface area contributed by atoms with Gasteiger partial charge in [0.2, 0.25) is 5.91 Å². The maximum atomic E-state index is 12.2. The summed E-state index contributed by atoms with van der Waals surface area (Å²) in [6.07, 6.45) is 6.85. The van der Waals surface area contributed by atoms with Crippen LogP contribution >= 0.6 is 23.2 Å². The van der Waals surface area contributed by atoms with E-state index in [-0.39, 0.29) is 11.9 Å². The Labute approximate surface area is 207 Å². The van der Waals surface area contributed by atoms with Gasteiger partial charge in [0, 0.05) is 36.4 Å². The third kappa shape index (κ3) is 4.27. The Morgan fingerprint density at radius 2 is 1.97 bits per heavy atom. The van der Waals surface area contributed by atoms with Crippen LogP contribution < -0.4 is 4.74 Å². The molecule has 1 atom stereocenters. The van der Waals surface area contributed by atoms with Crippen molar-refractivity contribution in [1.29, 1.82) is 0 Å². The quantitative estimate of drug-likeness (QED) is 0.296. The summed E-state index contributed by atoms with van der Waals surface area (Å²) in [6, 6.07) is 15.0. The van der Waals surface area contributed by atoms with Crippen molar-refractivity contribution in [3.8, 4) is 22.8 Å². The fraction of sp³-hybridized carbons (Fsp3) is 0.192. The molecule has 1 aliphatic rings. The molecule has 0 N–H and O–H groups in total. The van der Waals surface area contributed by atoms with Gasteiger partial charge in [0.05, 0.1) is 16.6 Å². The van der Waals surface area contributed by atoms with E-state index in [2.05, 4.69) is 11.6 Å². The number of benzene rings is 2. The Bertz CT molecular complexity index is 1370. The standard InChI is InChI=1S/C26H22Cl2N4O2/c1-2-24(33)31-14-4-5-18(16-31)32-22-12-13-29-15-20(22)26(30-32)17-8-10-19(11-9-17)34-23-7-3-6-21(27)25(23)28/h2-3,6-13,15,18H,1,4-5,14,16H2/t18-/m1/s1. The van der Waals surface area contributed by atoms with Crippen molar-refractivity contribution >= 4 is 40.0 Å². The molecule has 1 aliphatic heterocycles. The number of halogens is 2. The zero-order valence-corrected chi connectivity index (χ0v) is 19.8. The lowest BCUT2D eigenvalue weighted by Gasteiger charge is -2.32. The van der Waals surface area contributed by atoms with Gasteiger partial charge in [-0.3, -0.25) is 14.5 Å². The number of nitrogens with zero attached hydrogens (tertiary/aromatic N) is 4. The van der Waals surface area contributed by atoms with E-state index in [4.69, 9.17) is 33.0 Å². The van der Waals surface area contributed by atoms with Crippen molar-refractivity contribution in [2.45, 2.75) is 18.9 Å². The second kappa shape index (κ2) is 9.49. The van der Waals surface area contributed by atoms with Gasteiger partial charge in [0.25, 0.3) is 0 Å². The van der Waals surface area contributed by atoms with E-state index >= 15 is 0 Å². The van der Waals surface area contributed by atoms with E-state index < -0.39 is 0 Å². The average molecular weight is 493 g/mol. The Morgan fingerprint density at radius 3 is 2.76 bits per heavy atom. The van der Waals surface area contributed by atoms with Crippen molar-refractivity contribution in [1.82, 2.24) is 19.7 Å². The lowest BCUT2D eigenvalue weighted by Crippen LogP contribution is -2.40. The number of hydrogen-bond donors (Lipinski definition) is 0. The third-order valence-electron chi connectivity index (χ3n) is 6.01. The van der Waals surface area contributed by atoms with Gasteiger partial charge in [0.1, 0.15) is 22.2 Å². The maximum Gasteiger partial charge on any atom is 0.246 e. The number of hydrogen-bond acceptors (Lipinski definition) is 4. The molecule has 3 heterocycles. The fourth-order valence-electron chi connectivity index (χ4n) is 4.33. The molecule has 1 amide bonds. The second-order valence-corrected chi connectivity index (χ2v) is 8.93. The van der Waals surface area contributed by atoms with Crippen LogP contribution in [0.15, 0.2) is 73.6 Å². The molecule has 0 unspecified atom stereocenters. The molecule has 2 aromatic carbocycles. The summed E-state index contributed by atoms with van der Waals surface area (Å²) >= 11 is 12.3. The summed E-state index contributed by atoms with van der Waals surface area (Å²) in [4.78, 5) is 18.3. The first kappa shape index (κ1) is 22.4. The zero-order valence-electron chi connectivity index (χ0n) is 18.3. The molecule has 1 saturated heterocycles. The van der Waals surface area contributed by atoms with Crippen LogP contribution in [0.5, 0.6) is 11.5 Å². The van der Waals surface area contributed by atoms with Gasteiger partial charge in [-0.1, -0.05) is 35.8 Å². The molecule has 4 aromatic rings. The topological polar surface area (TPSA) is 60.2 Å². The van der Waals surface area contributed by atoms with Crippen LogP contribution in [-0.4, -0.2) is 38.7 Å². The van der Waals surface area contributed by atoms with Gasteiger partial charge in [-0.2, -0.15) is 5.10 Å². The van der Waals surface area contributed by atoms with Crippen LogP contribution in [0, 0.1) is 0 Å². The van der Waals surface area contributed by atoms with Crippen LogP contribution in [0.3, 0.4) is 0 Å². The fourth-order valence-corrected chi connectivity index (χ4v) is 4.66. The van der Waals surface area contributed by atoms with E-state index in [1.165, 1.54) is 6.08 Å². The number of likely N-dealkylation sites (tertiary alicyclic amines) is 1. The number of ether oxygens (including phenoxy) is 1. The number of rotatable bonds is 5. The lowest BCUT2D eigenvalue weighted by molar-refractivity contribution is -0.127. The highest BCUT2D eigenvalue weighted by molar-refractivity contribution is 6.42. The van der Waals surface area contributed by atoms with Crippen molar-refractivity contribution in [3.63, 3.8) is 0 Å². The highest BCUT2D eigenvalue weighted by atomic mass is 35.5. The highest BCUT2D eigenvalue weighted by Gasteiger charge is 2.26. The minimum Gasteiger partial charge on any atom is -0.456 e. The van der Waals surface area contributed by atoms with Gasteiger partial charge in [-0.15, -0.1) is 0 Å². The highest BCUT2D eigenvalue weighted by Crippen LogP contribution is 2.36. The van der Waals surface area contributed by atoms with Crippen LogP contribution in [0.2, 0.25) is 10.0 Å². The van der Waals surface area contributed by atoms with Gasteiger partial charge < -0.3 is 9.64 Å². The van der Waals surface area contributed by atoms with Gasteiger partial charge in [-0.05, 0) is 61.4 Å². The summed E-state index contributed by atoms with van der Waals surface area (Å²) in [5.74, 6) is 1.09. The van der Waals surface area contributed by atoms with Crippen LogP contribution in [-0.2, 0) is 4.79 Å². The molecule has 0 spiro atoms. The van der Waals surface area contributed by atoms with Crippen molar-refractivity contribution < 1.29 is 9.53 Å². The predicted octanol–water partition coefficient (Wildman–Crippen LogP) is 6.55. The summed E-state index contributed by atoms with van der Waals surface area (Å²) < 4.78 is 7.95. The first-order chi connectivity index (χ1) is 16.5. The number of pyridine rings is 1. The normalized spacial score (nSPS) is 15.9. The van der Waals surface area contributed by atoms with Crippen LogP contribution in [0.1, 0.15) is 18.9 Å². The first-order valence-electron chi connectivity index (χ1n) is 11.0. The molecular formula is C26H22Cl2N4O2. The number of carbonyl (C=O) groups is 1. The zero-order chi connectivity index (χ0) is 23.7. The molecule has 2 aromatic heterocycles. The number of carbonyl (C=O) groups excluding carboxylic acids is 1. The average Bonchev–Trinajstić information content (AvgIpc) is 3.27. The Hall–Kier alpha value is -3.35. The summed E-state index contributed by atoms with van der Waals surface area (Å²) in [6.45, 7) is 4.97. The molecule has 34 heavy (non-hydrogen) atoms. The van der Waals surface area contributed by atoms with Crippen molar-refractivity contribution in [3.05, 3.63) is 83.6 Å². The molecule has 0 radical (unpaired) electrons. The van der Waals surface area contributed by atoms with E-state index in [1.807, 2.05) is 46.1 Å². The molecule has 172 valence electrons. The van der Waals surface area contributed by atoms with Crippen LogP contribution in [0.25, 0.3) is 22.2 Å². The lowest BCUT2D eigenvalue weighted by atomic mass is 10.1. The number of piperidine rings is 1. The molecule has 0 saturated carbocycles. The summed E-state index contributed by atoms with van der Waals surface area (Å²) in [7, 11) is 0. The molecule has 8 heteroatoms. The van der Waals surface area contributed by atoms with E-state index in [0.717, 1.165) is 41.5 Å². The second-order valence-electron chi connectivity index (χ2n) is 8.15. The van der Waals surface area contributed by atoms with Crippen molar-refractivity contribution in [2.75, 3.05) is 13.1 Å². The van der Waals surface area contributed by atoms with Crippen molar-refractivity contribution in [2.24, 2.45) is 0 Å². The SMILES string of the molecule is C=CC(=O)N1CCC[C@@H](n2nc(-c3ccc(Oc4cccc(Cl)c4Cl)cc3)c3cnccc32)C1. The van der Waals surface area contributed by atoms with Gasteiger partial charge in [-0.25, -0.2) is 0 Å². The molecule has 0 aliphatic carbocycles. The molecule has 1 fully saturated rings. The summed E-state index contributed by atoms with van der Waals surface area (Å²) in [5.41, 5.74) is 2.77. The van der Waals surface area contributed by atoms with Gasteiger partial charge in [0.15, 0.2) is 0 Å². The molecular weight excluding hydrogens is 471 g/mol. The van der Waals surface area contributed by atoms with Gasteiger partial charge >= 0.3 is 0 Å².